The minimum Gasteiger partial charge on any atom is -0.399 e. The highest BCUT2D eigenvalue weighted by molar-refractivity contribution is 7.17. The summed E-state index contributed by atoms with van der Waals surface area (Å²) in [7, 11) is 1.56. The first-order valence-electron chi connectivity index (χ1n) is 4.17. The molecule has 4 nitrogen and oxygen atoms in total. The number of thiazole rings is 1. The molecule has 1 heterocycles. The minimum absolute atomic E-state index is 0.621. The third kappa shape index (κ3) is 1.51. The molecule has 0 fully saturated rings. The van der Waals surface area contributed by atoms with E-state index < -0.39 is 0 Å². The molecule has 13 heavy (non-hydrogen) atoms. The van der Waals surface area contributed by atoms with Crippen molar-refractivity contribution in [1.29, 1.82) is 0 Å². The summed E-state index contributed by atoms with van der Waals surface area (Å²) in [5.74, 6) is 0. The standard InChI is InChI=1S/C8H11N3OS/c1-12-11-6-4-2-3-5-7(6)13-8(9)10-5/h2-4H2,1H3,(H2,9,10)/b11-6-. The predicted molar refractivity (Wildman–Crippen MR) is 53.0 cm³/mol. The van der Waals surface area contributed by atoms with E-state index in [4.69, 9.17) is 10.6 Å². The smallest absolute Gasteiger partial charge is 0.180 e. The number of hydrogen-bond donors (Lipinski definition) is 1. The summed E-state index contributed by atoms with van der Waals surface area (Å²) in [6, 6.07) is 0. The normalized spacial score (nSPS) is 18.7. The molecule has 1 aliphatic carbocycles. The maximum atomic E-state index is 5.63. The Balaban J connectivity index is 2.42. The number of anilines is 1. The Hall–Kier alpha value is -1.10. The first kappa shape index (κ1) is 8.50. The molecule has 1 aliphatic rings. The lowest BCUT2D eigenvalue weighted by Crippen LogP contribution is -2.09. The van der Waals surface area contributed by atoms with Gasteiger partial charge in [0.25, 0.3) is 0 Å². The molecule has 70 valence electrons. The molecule has 5 heteroatoms. The molecule has 0 amide bonds. The van der Waals surface area contributed by atoms with Crippen LogP contribution in [-0.4, -0.2) is 17.8 Å². The Kier molecular flexibility index (Phi) is 2.18. The molecule has 0 saturated heterocycles. The average Bonchev–Trinajstić information content (AvgIpc) is 2.47. The van der Waals surface area contributed by atoms with Crippen LogP contribution in [0.25, 0.3) is 0 Å². The molecule has 0 aromatic carbocycles. The van der Waals surface area contributed by atoms with E-state index in [-0.39, 0.29) is 0 Å². The summed E-state index contributed by atoms with van der Waals surface area (Å²) in [6.45, 7) is 0. The summed E-state index contributed by atoms with van der Waals surface area (Å²) in [4.78, 5) is 10.1. The predicted octanol–water partition coefficient (Wildman–Crippen LogP) is 1.41. The lowest BCUT2D eigenvalue weighted by molar-refractivity contribution is 0.212. The summed E-state index contributed by atoms with van der Waals surface area (Å²) < 4.78 is 0. The first-order chi connectivity index (χ1) is 6.31. The topological polar surface area (TPSA) is 60.5 Å². The van der Waals surface area contributed by atoms with Gasteiger partial charge in [-0.25, -0.2) is 4.98 Å². The van der Waals surface area contributed by atoms with Crippen molar-refractivity contribution < 1.29 is 4.84 Å². The number of nitrogens with zero attached hydrogens (tertiary/aromatic N) is 2. The van der Waals surface area contributed by atoms with E-state index in [9.17, 15) is 0 Å². The van der Waals surface area contributed by atoms with Crippen molar-refractivity contribution >= 4 is 22.2 Å². The van der Waals surface area contributed by atoms with Crippen LogP contribution in [0.2, 0.25) is 0 Å². The van der Waals surface area contributed by atoms with Crippen LogP contribution in [0.5, 0.6) is 0 Å². The van der Waals surface area contributed by atoms with Gasteiger partial charge in [-0.3, -0.25) is 0 Å². The van der Waals surface area contributed by atoms with Crippen molar-refractivity contribution in [2.24, 2.45) is 5.16 Å². The highest BCUT2D eigenvalue weighted by Crippen LogP contribution is 2.28. The quantitative estimate of drug-likeness (QED) is 0.692. The summed E-state index contributed by atoms with van der Waals surface area (Å²) >= 11 is 1.49. The van der Waals surface area contributed by atoms with E-state index in [1.165, 1.54) is 11.3 Å². The van der Waals surface area contributed by atoms with E-state index in [0.29, 0.717) is 5.13 Å². The molecule has 0 radical (unpaired) electrons. The molecule has 1 aromatic rings. The number of nitrogen functional groups attached to an aromatic ring is 1. The Morgan fingerprint density at radius 1 is 1.54 bits per heavy atom. The van der Waals surface area contributed by atoms with E-state index in [1.54, 1.807) is 7.11 Å². The van der Waals surface area contributed by atoms with Crippen molar-refractivity contribution in [2.75, 3.05) is 12.8 Å². The molecule has 0 unspecified atom stereocenters. The molecule has 2 N–H and O–H groups in total. The monoisotopic (exact) mass is 197 g/mol. The third-order valence-electron chi connectivity index (χ3n) is 2.00. The van der Waals surface area contributed by atoms with Crippen LogP contribution >= 0.6 is 11.3 Å². The Bertz CT molecular complexity index is 345. The van der Waals surface area contributed by atoms with Crippen molar-refractivity contribution in [3.8, 4) is 0 Å². The minimum atomic E-state index is 0.621. The summed E-state index contributed by atoms with van der Waals surface area (Å²) in [6.07, 6.45) is 3.05. The number of oxime groups is 1. The number of hydrogen-bond acceptors (Lipinski definition) is 5. The van der Waals surface area contributed by atoms with Gasteiger partial charge in [-0.15, -0.1) is 0 Å². The second-order valence-corrected chi connectivity index (χ2v) is 3.93. The van der Waals surface area contributed by atoms with Crippen molar-refractivity contribution in [3.05, 3.63) is 10.6 Å². The zero-order valence-electron chi connectivity index (χ0n) is 7.41. The molecular formula is C8H11N3OS. The molecule has 0 spiro atoms. The molecule has 1 aromatic heterocycles. The van der Waals surface area contributed by atoms with Crippen molar-refractivity contribution in [1.82, 2.24) is 4.98 Å². The van der Waals surface area contributed by atoms with Gasteiger partial charge in [-0.05, 0) is 19.3 Å². The van der Waals surface area contributed by atoms with Gasteiger partial charge in [0, 0.05) is 0 Å². The van der Waals surface area contributed by atoms with Crippen LogP contribution < -0.4 is 5.73 Å². The van der Waals surface area contributed by atoms with E-state index >= 15 is 0 Å². The summed E-state index contributed by atoms with van der Waals surface area (Å²) in [5.41, 5.74) is 7.69. The average molecular weight is 197 g/mol. The van der Waals surface area contributed by atoms with Crippen molar-refractivity contribution in [2.45, 2.75) is 19.3 Å². The van der Waals surface area contributed by atoms with Gasteiger partial charge in [0.15, 0.2) is 5.13 Å². The Morgan fingerprint density at radius 3 is 3.15 bits per heavy atom. The largest absolute Gasteiger partial charge is 0.399 e. The fraction of sp³-hybridized carbons (Fsp3) is 0.500. The van der Waals surface area contributed by atoms with E-state index in [2.05, 4.69) is 10.1 Å². The molecule has 0 bridgehead atoms. The highest BCUT2D eigenvalue weighted by atomic mass is 32.1. The van der Waals surface area contributed by atoms with Crippen molar-refractivity contribution in [3.63, 3.8) is 0 Å². The second-order valence-electron chi connectivity index (χ2n) is 2.90. The third-order valence-corrected chi connectivity index (χ3v) is 2.98. The number of aromatic nitrogens is 1. The maximum absolute atomic E-state index is 5.63. The Morgan fingerprint density at radius 2 is 2.38 bits per heavy atom. The van der Waals surface area contributed by atoms with Crippen LogP contribution in [0.3, 0.4) is 0 Å². The van der Waals surface area contributed by atoms with Crippen LogP contribution in [0.4, 0.5) is 5.13 Å². The van der Waals surface area contributed by atoms with Crippen LogP contribution in [0.15, 0.2) is 5.16 Å². The highest BCUT2D eigenvalue weighted by Gasteiger charge is 2.20. The van der Waals surface area contributed by atoms with Crippen LogP contribution in [0, 0.1) is 0 Å². The van der Waals surface area contributed by atoms with Crippen LogP contribution in [-0.2, 0) is 11.3 Å². The van der Waals surface area contributed by atoms with Gasteiger partial charge < -0.3 is 10.6 Å². The zero-order valence-corrected chi connectivity index (χ0v) is 8.23. The Labute approximate surface area is 80.4 Å². The SMILES string of the molecule is CO/N=C1/CCCc2nc(N)sc21. The molecule has 2 rings (SSSR count). The number of fused-ring (bicyclic) bond motifs is 1. The van der Waals surface area contributed by atoms with Crippen LogP contribution in [0.1, 0.15) is 23.4 Å². The van der Waals surface area contributed by atoms with Gasteiger partial charge in [-0.1, -0.05) is 16.5 Å². The van der Waals surface area contributed by atoms with Gasteiger partial charge in [0.05, 0.1) is 16.3 Å². The fourth-order valence-corrected chi connectivity index (χ4v) is 2.39. The lowest BCUT2D eigenvalue weighted by atomic mass is 10.0. The van der Waals surface area contributed by atoms with Gasteiger partial charge in [0.1, 0.15) is 7.11 Å². The van der Waals surface area contributed by atoms with Gasteiger partial charge >= 0.3 is 0 Å². The number of aryl methyl sites for hydroxylation is 1. The first-order valence-corrected chi connectivity index (χ1v) is 4.98. The van der Waals surface area contributed by atoms with Gasteiger partial charge in [-0.2, -0.15) is 0 Å². The molecular weight excluding hydrogens is 186 g/mol. The van der Waals surface area contributed by atoms with Gasteiger partial charge in [0.2, 0.25) is 0 Å². The zero-order chi connectivity index (χ0) is 9.26. The summed E-state index contributed by atoms with van der Waals surface area (Å²) in [5, 5.41) is 4.59. The van der Waals surface area contributed by atoms with E-state index in [1.807, 2.05) is 0 Å². The molecule has 0 atom stereocenters. The maximum Gasteiger partial charge on any atom is 0.180 e. The van der Waals surface area contributed by atoms with E-state index in [0.717, 1.165) is 35.5 Å². The fourth-order valence-electron chi connectivity index (χ4n) is 1.50. The number of rotatable bonds is 1. The molecule has 0 saturated carbocycles. The number of nitrogens with two attached hydrogens (primary N) is 1. The lowest BCUT2D eigenvalue weighted by Gasteiger charge is -2.10. The second kappa shape index (κ2) is 3.33. The molecule has 0 aliphatic heterocycles.